The molecule has 0 atom stereocenters. The fraction of sp³-hybridized carbons (Fsp3) is 0.136. The fourth-order valence-corrected chi connectivity index (χ4v) is 3.48. The van der Waals surface area contributed by atoms with Gasteiger partial charge in [-0.3, -0.25) is 19.3 Å². The van der Waals surface area contributed by atoms with E-state index < -0.39 is 29.4 Å². The summed E-state index contributed by atoms with van der Waals surface area (Å²) in [6.07, 6.45) is 5.06. The van der Waals surface area contributed by atoms with Gasteiger partial charge >= 0.3 is 0 Å². The number of amides is 3. The summed E-state index contributed by atoms with van der Waals surface area (Å²) in [5, 5.41) is 1.95. The van der Waals surface area contributed by atoms with E-state index in [0.717, 1.165) is 34.0 Å². The first-order chi connectivity index (χ1) is 14.3. The minimum absolute atomic E-state index is 0.236. The third-order valence-corrected chi connectivity index (χ3v) is 5.16. The van der Waals surface area contributed by atoms with Crippen molar-refractivity contribution in [2.24, 2.45) is 0 Å². The monoisotopic (exact) mass is 425 g/mol. The van der Waals surface area contributed by atoms with E-state index in [2.05, 4.69) is 5.32 Å². The molecule has 1 heterocycles. The molecular formula is C22H20FN3O3S. The summed E-state index contributed by atoms with van der Waals surface area (Å²) in [5.74, 6) is -1.61. The van der Waals surface area contributed by atoms with Crippen molar-refractivity contribution in [3.63, 3.8) is 0 Å². The maximum atomic E-state index is 13.2. The summed E-state index contributed by atoms with van der Waals surface area (Å²) in [4.78, 5) is 39.8. The smallest absolute Gasteiger partial charge is 0.294 e. The Morgan fingerprint density at radius 2 is 1.90 bits per heavy atom. The SMILES string of the molecule is CN(C)c1ccc(/C=C/C=C2/SC(=O)N(CC(=O)Nc3cccc(F)c3)C2=O)cc1. The lowest BCUT2D eigenvalue weighted by molar-refractivity contribution is -0.127. The third-order valence-electron chi connectivity index (χ3n) is 4.23. The van der Waals surface area contributed by atoms with E-state index >= 15 is 0 Å². The Morgan fingerprint density at radius 1 is 1.17 bits per heavy atom. The lowest BCUT2D eigenvalue weighted by atomic mass is 10.2. The summed E-state index contributed by atoms with van der Waals surface area (Å²) < 4.78 is 13.2. The number of nitrogens with zero attached hydrogens (tertiary/aromatic N) is 2. The molecule has 30 heavy (non-hydrogen) atoms. The Kier molecular flexibility index (Phi) is 6.68. The molecule has 0 aromatic heterocycles. The molecule has 2 aromatic carbocycles. The lowest BCUT2D eigenvalue weighted by Crippen LogP contribution is -2.36. The number of benzene rings is 2. The Bertz CT molecular complexity index is 1030. The first kappa shape index (κ1) is 21.3. The normalized spacial score (nSPS) is 15.3. The Labute approximate surface area is 178 Å². The van der Waals surface area contributed by atoms with Gasteiger partial charge in [-0.1, -0.05) is 30.4 Å². The molecule has 1 aliphatic rings. The predicted octanol–water partition coefficient (Wildman–Crippen LogP) is 4.12. The van der Waals surface area contributed by atoms with Gasteiger partial charge in [0, 0.05) is 25.5 Å². The summed E-state index contributed by atoms with van der Waals surface area (Å²) in [7, 11) is 3.92. The van der Waals surface area contributed by atoms with Crippen molar-refractivity contribution in [2.45, 2.75) is 0 Å². The molecule has 0 radical (unpaired) electrons. The number of nitrogens with one attached hydrogen (secondary N) is 1. The van der Waals surface area contributed by atoms with Crippen LogP contribution >= 0.6 is 11.8 Å². The average molecular weight is 425 g/mol. The van der Waals surface area contributed by atoms with Crippen molar-refractivity contribution in [2.75, 3.05) is 30.9 Å². The summed E-state index contributed by atoms with van der Waals surface area (Å²) in [5.41, 5.74) is 2.28. The van der Waals surface area contributed by atoms with Gasteiger partial charge in [0.15, 0.2) is 0 Å². The van der Waals surface area contributed by atoms with Gasteiger partial charge in [0.25, 0.3) is 11.1 Å². The van der Waals surface area contributed by atoms with E-state index in [4.69, 9.17) is 0 Å². The van der Waals surface area contributed by atoms with Crippen molar-refractivity contribution >= 4 is 46.3 Å². The largest absolute Gasteiger partial charge is 0.378 e. The van der Waals surface area contributed by atoms with Crippen LogP contribution in [0.3, 0.4) is 0 Å². The number of anilines is 2. The van der Waals surface area contributed by atoms with Crippen LogP contribution in [0, 0.1) is 5.82 Å². The molecule has 154 valence electrons. The number of hydrogen-bond donors (Lipinski definition) is 1. The number of halogens is 1. The Balaban J connectivity index is 1.61. The van der Waals surface area contributed by atoms with Crippen LogP contribution in [0.15, 0.2) is 65.6 Å². The predicted molar refractivity (Wildman–Crippen MR) is 118 cm³/mol. The zero-order valence-corrected chi connectivity index (χ0v) is 17.3. The number of carbonyl (C=O) groups is 3. The number of allylic oxidation sites excluding steroid dienone is 2. The van der Waals surface area contributed by atoms with Gasteiger partial charge in [0.05, 0.1) is 4.91 Å². The van der Waals surface area contributed by atoms with Crippen molar-refractivity contribution in [1.82, 2.24) is 4.90 Å². The van der Waals surface area contributed by atoms with Crippen molar-refractivity contribution in [1.29, 1.82) is 0 Å². The first-order valence-electron chi connectivity index (χ1n) is 9.08. The topological polar surface area (TPSA) is 69.7 Å². The molecule has 1 saturated heterocycles. The van der Waals surface area contributed by atoms with Gasteiger partial charge in [0.2, 0.25) is 5.91 Å². The van der Waals surface area contributed by atoms with Gasteiger partial charge in [0.1, 0.15) is 12.4 Å². The van der Waals surface area contributed by atoms with Crippen molar-refractivity contribution in [3.8, 4) is 0 Å². The summed E-state index contributed by atoms with van der Waals surface area (Å²) in [6.45, 7) is -0.436. The molecule has 0 saturated carbocycles. The molecule has 0 bridgehead atoms. The minimum Gasteiger partial charge on any atom is -0.378 e. The highest BCUT2D eigenvalue weighted by atomic mass is 32.2. The number of imide groups is 1. The van der Waals surface area contributed by atoms with E-state index in [-0.39, 0.29) is 10.6 Å². The van der Waals surface area contributed by atoms with E-state index in [1.807, 2.05) is 49.3 Å². The van der Waals surface area contributed by atoms with Crippen LogP contribution < -0.4 is 10.2 Å². The molecule has 1 N–H and O–H groups in total. The molecule has 0 spiro atoms. The van der Waals surface area contributed by atoms with E-state index in [1.54, 1.807) is 12.2 Å². The Morgan fingerprint density at radius 3 is 2.57 bits per heavy atom. The van der Waals surface area contributed by atoms with Crippen LogP contribution in [-0.4, -0.2) is 42.6 Å². The molecule has 8 heteroatoms. The van der Waals surface area contributed by atoms with Crippen LogP contribution in [0.1, 0.15) is 5.56 Å². The summed E-state index contributed by atoms with van der Waals surface area (Å²) in [6, 6.07) is 13.2. The molecule has 3 rings (SSSR count). The maximum Gasteiger partial charge on any atom is 0.294 e. The third kappa shape index (κ3) is 5.36. The van der Waals surface area contributed by atoms with Crippen molar-refractivity contribution < 1.29 is 18.8 Å². The van der Waals surface area contributed by atoms with Crippen molar-refractivity contribution in [3.05, 3.63) is 77.0 Å². The second kappa shape index (κ2) is 9.41. The highest BCUT2D eigenvalue weighted by molar-refractivity contribution is 8.18. The molecule has 6 nitrogen and oxygen atoms in total. The zero-order valence-electron chi connectivity index (χ0n) is 16.5. The first-order valence-corrected chi connectivity index (χ1v) is 9.90. The molecule has 0 aliphatic carbocycles. The molecule has 3 amide bonds. The van der Waals surface area contributed by atoms with E-state index in [1.165, 1.54) is 18.2 Å². The maximum absolute atomic E-state index is 13.2. The van der Waals surface area contributed by atoms with E-state index in [0.29, 0.717) is 0 Å². The highest BCUT2D eigenvalue weighted by Gasteiger charge is 2.35. The fourth-order valence-electron chi connectivity index (χ4n) is 2.69. The average Bonchev–Trinajstić information content (AvgIpc) is 2.96. The van der Waals surface area contributed by atoms with Crippen LogP contribution in [0.4, 0.5) is 20.6 Å². The quantitative estimate of drug-likeness (QED) is 0.705. The van der Waals surface area contributed by atoms with Crippen LogP contribution in [0.2, 0.25) is 0 Å². The van der Waals surface area contributed by atoms with Gasteiger partial charge in [-0.05, 0) is 53.7 Å². The second-order valence-electron chi connectivity index (χ2n) is 6.69. The standard InChI is InChI=1S/C22H20FN3O3S/c1-25(2)18-11-9-15(10-12-18)5-3-8-19-21(28)26(22(29)30-19)14-20(27)24-17-7-4-6-16(23)13-17/h3-13H,14H2,1-2H3,(H,24,27)/b5-3+,19-8+. The van der Waals surface area contributed by atoms with Gasteiger partial charge < -0.3 is 10.2 Å². The number of rotatable bonds is 6. The van der Waals surface area contributed by atoms with Gasteiger partial charge in [-0.2, -0.15) is 0 Å². The number of carbonyl (C=O) groups excluding carboxylic acids is 3. The molecular weight excluding hydrogens is 405 g/mol. The number of hydrogen-bond acceptors (Lipinski definition) is 5. The Hall–Kier alpha value is -3.39. The summed E-state index contributed by atoms with van der Waals surface area (Å²) >= 11 is 0.775. The highest BCUT2D eigenvalue weighted by Crippen LogP contribution is 2.30. The molecule has 1 fully saturated rings. The van der Waals surface area contributed by atoms with Crippen LogP contribution in [0.25, 0.3) is 6.08 Å². The van der Waals surface area contributed by atoms with E-state index in [9.17, 15) is 18.8 Å². The van der Waals surface area contributed by atoms with Gasteiger partial charge in [-0.25, -0.2) is 4.39 Å². The number of thioether (sulfide) groups is 1. The van der Waals surface area contributed by atoms with Crippen LogP contribution in [0.5, 0.6) is 0 Å². The van der Waals surface area contributed by atoms with Gasteiger partial charge in [-0.15, -0.1) is 0 Å². The molecule has 2 aromatic rings. The molecule has 0 unspecified atom stereocenters. The van der Waals surface area contributed by atoms with Crippen LogP contribution in [-0.2, 0) is 9.59 Å². The zero-order chi connectivity index (χ0) is 21.7. The second-order valence-corrected chi connectivity index (χ2v) is 7.69. The molecule has 1 aliphatic heterocycles. The lowest BCUT2D eigenvalue weighted by Gasteiger charge is -2.12. The minimum atomic E-state index is -0.583.